The molecule has 0 unspecified atom stereocenters. The first-order chi connectivity index (χ1) is 8.10. The fourth-order valence-electron chi connectivity index (χ4n) is 1.92. The largest absolute Gasteiger partial charge is 0.493 e. The lowest BCUT2D eigenvalue weighted by molar-refractivity contribution is 0.134. The molecule has 0 amide bonds. The van der Waals surface area contributed by atoms with Gasteiger partial charge in [-0.1, -0.05) is 15.9 Å². The lowest BCUT2D eigenvalue weighted by Gasteiger charge is -2.17. The second kappa shape index (κ2) is 5.23. The van der Waals surface area contributed by atoms with Crippen LogP contribution in [0.5, 0.6) is 11.5 Å². The van der Waals surface area contributed by atoms with Crippen LogP contribution in [0.2, 0.25) is 0 Å². The van der Waals surface area contributed by atoms with Crippen LogP contribution in [-0.4, -0.2) is 44.4 Å². The average Bonchev–Trinajstić information content (AvgIpc) is 2.60. The predicted octanol–water partition coefficient (Wildman–Crippen LogP) is 2.49. The van der Waals surface area contributed by atoms with Gasteiger partial charge in [0.15, 0.2) is 17.7 Å². The van der Waals surface area contributed by atoms with E-state index >= 15 is 0 Å². The topological polar surface area (TPSA) is 21.7 Å². The first-order valence-electron chi connectivity index (χ1n) is 5.43. The van der Waals surface area contributed by atoms with Crippen LogP contribution >= 0.6 is 15.9 Å². The molecule has 2 rings (SSSR count). The Morgan fingerprint density at radius 3 is 2.71 bits per heavy atom. The smallest absolute Gasteiger partial charge is 0.161 e. The summed E-state index contributed by atoms with van der Waals surface area (Å²) in [5.74, 6) is 1.19. The van der Waals surface area contributed by atoms with Crippen LogP contribution in [0.15, 0.2) is 22.7 Å². The summed E-state index contributed by atoms with van der Waals surface area (Å²) in [6.07, 6.45) is -1.37. The first-order valence-corrected chi connectivity index (χ1v) is 6.22. The summed E-state index contributed by atoms with van der Waals surface area (Å²) < 4.78 is 25.4. The molecule has 1 aromatic rings. The number of likely N-dealkylation sites (N-methyl/N-ethyl adjacent to an activating group) is 1. The number of halogens is 2. The van der Waals surface area contributed by atoms with E-state index in [0.717, 1.165) is 4.47 Å². The molecule has 0 spiro atoms. The Morgan fingerprint density at radius 1 is 1.35 bits per heavy atom. The van der Waals surface area contributed by atoms with Crippen LogP contribution in [0.1, 0.15) is 0 Å². The van der Waals surface area contributed by atoms with Crippen LogP contribution in [0.25, 0.3) is 0 Å². The zero-order valence-electron chi connectivity index (χ0n) is 9.82. The SMILES string of the molecule is COc1cc(Br)ccc1O[C@H]1CN(C)C[C@H]1F. The number of alkyl halides is 1. The Hall–Kier alpha value is -0.810. The van der Waals surface area contributed by atoms with Crippen molar-refractivity contribution in [3.63, 3.8) is 0 Å². The summed E-state index contributed by atoms with van der Waals surface area (Å²) >= 11 is 3.35. The molecular formula is C12H15BrFNO2. The second-order valence-corrected chi connectivity index (χ2v) is 5.10. The third-order valence-electron chi connectivity index (χ3n) is 2.79. The molecule has 17 heavy (non-hydrogen) atoms. The Bertz CT molecular complexity index is 402. The predicted molar refractivity (Wildman–Crippen MR) is 67.5 cm³/mol. The Balaban J connectivity index is 2.13. The van der Waals surface area contributed by atoms with Gasteiger partial charge in [0, 0.05) is 17.6 Å². The molecule has 0 bridgehead atoms. The summed E-state index contributed by atoms with van der Waals surface area (Å²) in [5.41, 5.74) is 0. The third kappa shape index (κ3) is 2.90. The molecule has 0 radical (unpaired) electrons. The monoisotopic (exact) mass is 303 g/mol. The maximum absolute atomic E-state index is 13.6. The van der Waals surface area contributed by atoms with E-state index in [1.54, 1.807) is 19.2 Å². The fourth-order valence-corrected chi connectivity index (χ4v) is 2.26. The Morgan fingerprint density at radius 2 is 2.12 bits per heavy atom. The number of ether oxygens (including phenoxy) is 2. The van der Waals surface area contributed by atoms with Crippen molar-refractivity contribution in [3.05, 3.63) is 22.7 Å². The third-order valence-corrected chi connectivity index (χ3v) is 3.28. The molecule has 2 atom stereocenters. The van der Waals surface area contributed by atoms with Crippen LogP contribution in [0.4, 0.5) is 4.39 Å². The standard InChI is InChI=1S/C12H15BrFNO2/c1-15-6-9(14)12(7-15)17-10-4-3-8(13)5-11(10)16-2/h3-5,9,12H,6-7H2,1-2H3/t9-,12+/m1/s1. The summed E-state index contributed by atoms with van der Waals surface area (Å²) in [6, 6.07) is 5.44. The molecule has 1 heterocycles. The zero-order valence-corrected chi connectivity index (χ0v) is 11.4. The van der Waals surface area contributed by atoms with Crippen molar-refractivity contribution >= 4 is 15.9 Å². The van der Waals surface area contributed by atoms with Gasteiger partial charge in [-0.3, -0.25) is 4.90 Å². The van der Waals surface area contributed by atoms with E-state index < -0.39 is 12.3 Å². The fraction of sp³-hybridized carbons (Fsp3) is 0.500. The summed E-state index contributed by atoms with van der Waals surface area (Å²) in [4.78, 5) is 1.92. The number of benzene rings is 1. The van der Waals surface area contributed by atoms with Gasteiger partial charge in [0.25, 0.3) is 0 Å². The van der Waals surface area contributed by atoms with Crippen LogP contribution in [0.3, 0.4) is 0 Å². The van der Waals surface area contributed by atoms with Crippen molar-refractivity contribution in [1.82, 2.24) is 4.90 Å². The van der Waals surface area contributed by atoms with Gasteiger partial charge in [-0.25, -0.2) is 4.39 Å². The number of hydrogen-bond donors (Lipinski definition) is 0. The molecule has 0 N–H and O–H groups in total. The summed E-state index contributed by atoms with van der Waals surface area (Å²) in [6.45, 7) is 1.02. The average molecular weight is 304 g/mol. The van der Waals surface area contributed by atoms with Gasteiger partial charge >= 0.3 is 0 Å². The molecule has 0 aliphatic carbocycles. The van der Waals surface area contributed by atoms with Gasteiger partial charge in [0.1, 0.15) is 6.10 Å². The van der Waals surface area contributed by atoms with E-state index in [1.807, 2.05) is 18.0 Å². The van der Waals surface area contributed by atoms with Crippen molar-refractivity contribution in [2.24, 2.45) is 0 Å². The van der Waals surface area contributed by atoms with Crippen molar-refractivity contribution in [3.8, 4) is 11.5 Å². The second-order valence-electron chi connectivity index (χ2n) is 4.19. The molecule has 1 saturated heterocycles. The van der Waals surface area contributed by atoms with Crippen molar-refractivity contribution in [2.45, 2.75) is 12.3 Å². The molecular weight excluding hydrogens is 289 g/mol. The zero-order chi connectivity index (χ0) is 12.4. The van der Waals surface area contributed by atoms with Gasteiger partial charge in [-0.15, -0.1) is 0 Å². The molecule has 0 saturated carbocycles. The van der Waals surface area contributed by atoms with E-state index in [4.69, 9.17) is 9.47 Å². The van der Waals surface area contributed by atoms with E-state index in [1.165, 1.54) is 0 Å². The first kappa shape index (κ1) is 12.6. The minimum absolute atomic E-state index is 0.420. The van der Waals surface area contributed by atoms with E-state index in [0.29, 0.717) is 24.6 Å². The number of likely N-dealkylation sites (tertiary alicyclic amines) is 1. The van der Waals surface area contributed by atoms with Crippen LogP contribution in [-0.2, 0) is 0 Å². The highest BCUT2D eigenvalue weighted by molar-refractivity contribution is 9.10. The lowest BCUT2D eigenvalue weighted by atomic mass is 10.2. The van der Waals surface area contributed by atoms with Gasteiger partial charge in [0.2, 0.25) is 0 Å². The molecule has 3 nitrogen and oxygen atoms in total. The van der Waals surface area contributed by atoms with E-state index in [9.17, 15) is 4.39 Å². The molecule has 5 heteroatoms. The minimum Gasteiger partial charge on any atom is -0.493 e. The number of rotatable bonds is 3. The number of methoxy groups -OCH3 is 1. The highest BCUT2D eigenvalue weighted by Gasteiger charge is 2.33. The maximum Gasteiger partial charge on any atom is 0.161 e. The molecule has 0 aromatic heterocycles. The molecule has 1 aromatic carbocycles. The Labute approximate surface area is 109 Å². The van der Waals surface area contributed by atoms with Crippen molar-refractivity contribution in [2.75, 3.05) is 27.2 Å². The van der Waals surface area contributed by atoms with Crippen molar-refractivity contribution in [1.29, 1.82) is 0 Å². The van der Waals surface area contributed by atoms with E-state index in [2.05, 4.69) is 15.9 Å². The Kier molecular flexibility index (Phi) is 3.89. The lowest BCUT2D eigenvalue weighted by Crippen LogP contribution is -2.27. The highest BCUT2D eigenvalue weighted by Crippen LogP contribution is 2.32. The highest BCUT2D eigenvalue weighted by atomic mass is 79.9. The van der Waals surface area contributed by atoms with Crippen LogP contribution < -0.4 is 9.47 Å². The molecule has 94 valence electrons. The molecule has 1 aliphatic heterocycles. The quantitative estimate of drug-likeness (QED) is 0.856. The van der Waals surface area contributed by atoms with Crippen LogP contribution in [0, 0.1) is 0 Å². The normalized spacial score (nSPS) is 24.9. The number of nitrogens with zero attached hydrogens (tertiary/aromatic N) is 1. The number of hydrogen-bond acceptors (Lipinski definition) is 3. The summed E-state index contributed by atoms with van der Waals surface area (Å²) in [5, 5.41) is 0. The minimum atomic E-state index is -0.951. The van der Waals surface area contributed by atoms with E-state index in [-0.39, 0.29) is 0 Å². The van der Waals surface area contributed by atoms with Crippen molar-refractivity contribution < 1.29 is 13.9 Å². The maximum atomic E-state index is 13.6. The van der Waals surface area contributed by atoms with Gasteiger partial charge < -0.3 is 9.47 Å². The van der Waals surface area contributed by atoms with Gasteiger partial charge in [0.05, 0.1) is 7.11 Å². The summed E-state index contributed by atoms with van der Waals surface area (Å²) in [7, 11) is 3.46. The van der Waals surface area contributed by atoms with Gasteiger partial charge in [-0.2, -0.15) is 0 Å². The molecule has 1 aliphatic rings. The van der Waals surface area contributed by atoms with Gasteiger partial charge in [-0.05, 0) is 25.2 Å². The molecule has 1 fully saturated rings.